The van der Waals surface area contributed by atoms with E-state index in [4.69, 9.17) is 4.74 Å². The zero-order valence-electron chi connectivity index (χ0n) is 11.8. The highest BCUT2D eigenvalue weighted by Crippen LogP contribution is 2.18. The first-order valence-electron chi connectivity index (χ1n) is 6.93. The van der Waals surface area contributed by atoms with Crippen molar-refractivity contribution in [1.82, 2.24) is 0 Å². The largest absolute Gasteiger partial charge is 0.493 e. The third-order valence-electron chi connectivity index (χ3n) is 3.01. The van der Waals surface area contributed by atoms with Gasteiger partial charge in [-0.2, -0.15) is 0 Å². The van der Waals surface area contributed by atoms with Crippen LogP contribution < -0.4 is 4.74 Å². The lowest BCUT2D eigenvalue weighted by Gasteiger charge is -2.18. The van der Waals surface area contributed by atoms with E-state index in [1.165, 1.54) is 6.42 Å². The number of hydrogen-bond donors (Lipinski definition) is 1. The van der Waals surface area contributed by atoms with Gasteiger partial charge in [-0.15, -0.1) is 0 Å². The van der Waals surface area contributed by atoms with Crippen molar-refractivity contribution in [2.75, 3.05) is 6.61 Å². The fourth-order valence-electron chi connectivity index (χ4n) is 2.31. The number of para-hydroxylation sites is 1. The minimum atomic E-state index is -0.248. The van der Waals surface area contributed by atoms with E-state index in [0.717, 1.165) is 12.2 Å². The molecular weight excluding hydrogens is 224 g/mol. The summed E-state index contributed by atoms with van der Waals surface area (Å²) in [5.41, 5.74) is 0. The number of hydrogen-bond acceptors (Lipinski definition) is 2. The molecule has 2 heteroatoms. The molecule has 0 aliphatic heterocycles. The molecule has 2 atom stereocenters. The Balaban J connectivity index is 2.15. The molecule has 0 bridgehead atoms. The first-order chi connectivity index (χ1) is 8.58. The molecular formula is C16H26O2. The van der Waals surface area contributed by atoms with Crippen LogP contribution in [0.3, 0.4) is 0 Å². The molecule has 1 aromatic carbocycles. The van der Waals surface area contributed by atoms with E-state index in [1.54, 1.807) is 0 Å². The Morgan fingerprint density at radius 2 is 1.72 bits per heavy atom. The molecule has 0 fully saturated rings. The van der Waals surface area contributed by atoms with Crippen molar-refractivity contribution in [3.8, 4) is 5.75 Å². The molecule has 0 heterocycles. The Hall–Kier alpha value is -1.02. The molecule has 1 rings (SSSR count). The van der Waals surface area contributed by atoms with Crippen LogP contribution in [0.2, 0.25) is 0 Å². The van der Waals surface area contributed by atoms with Crippen molar-refractivity contribution in [2.45, 2.75) is 46.1 Å². The number of ether oxygens (including phenoxy) is 1. The Morgan fingerprint density at radius 1 is 1.06 bits per heavy atom. The highest BCUT2D eigenvalue weighted by molar-refractivity contribution is 5.20. The molecule has 0 saturated heterocycles. The van der Waals surface area contributed by atoms with Crippen molar-refractivity contribution in [1.29, 1.82) is 0 Å². The van der Waals surface area contributed by atoms with Gasteiger partial charge in [-0.3, -0.25) is 0 Å². The summed E-state index contributed by atoms with van der Waals surface area (Å²) in [6.07, 6.45) is 2.51. The monoisotopic (exact) mass is 250 g/mol. The average Bonchev–Trinajstić information content (AvgIpc) is 2.29. The topological polar surface area (TPSA) is 29.5 Å². The molecule has 0 saturated carbocycles. The average molecular weight is 250 g/mol. The van der Waals surface area contributed by atoms with Crippen molar-refractivity contribution >= 4 is 0 Å². The van der Waals surface area contributed by atoms with Gasteiger partial charge in [0.05, 0.1) is 12.7 Å². The first kappa shape index (κ1) is 15.0. The molecule has 102 valence electrons. The quantitative estimate of drug-likeness (QED) is 0.758. The number of aliphatic hydroxyl groups is 1. The van der Waals surface area contributed by atoms with Crippen LogP contribution in [0, 0.1) is 11.8 Å². The van der Waals surface area contributed by atoms with Gasteiger partial charge in [0.2, 0.25) is 0 Å². The van der Waals surface area contributed by atoms with Crippen LogP contribution >= 0.6 is 0 Å². The van der Waals surface area contributed by atoms with E-state index in [1.807, 2.05) is 30.3 Å². The predicted molar refractivity (Wildman–Crippen MR) is 75.8 cm³/mol. The van der Waals surface area contributed by atoms with Gasteiger partial charge in [0.25, 0.3) is 0 Å². The third kappa shape index (κ3) is 6.65. The number of aliphatic hydroxyl groups excluding tert-OH is 1. The Morgan fingerprint density at radius 3 is 2.33 bits per heavy atom. The molecule has 2 nitrogen and oxygen atoms in total. The van der Waals surface area contributed by atoms with Gasteiger partial charge in [0.1, 0.15) is 5.75 Å². The molecule has 1 N–H and O–H groups in total. The third-order valence-corrected chi connectivity index (χ3v) is 3.01. The highest BCUT2D eigenvalue weighted by atomic mass is 16.5. The lowest BCUT2D eigenvalue weighted by atomic mass is 9.93. The van der Waals surface area contributed by atoms with Crippen LogP contribution in [0.4, 0.5) is 0 Å². The van der Waals surface area contributed by atoms with Gasteiger partial charge in [-0.25, -0.2) is 0 Å². The summed E-state index contributed by atoms with van der Waals surface area (Å²) >= 11 is 0. The normalized spacial score (nSPS) is 14.5. The van der Waals surface area contributed by atoms with E-state index >= 15 is 0 Å². The number of benzene rings is 1. The van der Waals surface area contributed by atoms with Crippen LogP contribution in [0.1, 0.15) is 40.0 Å². The summed E-state index contributed by atoms with van der Waals surface area (Å²) in [7, 11) is 0. The fraction of sp³-hybridized carbons (Fsp3) is 0.625. The second-order valence-electron chi connectivity index (χ2n) is 5.57. The van der Waals surface area contributed by atoms with E-state index < -0.39 is 0 Å². The SMILES string of the molecule is CC(C)CC(C)CC(O)CCOc1ccccc1. The van der Waals surface area contributed by atoms with Crippen molar-refractivity contribution in [2.24, 2.45) is 11.8 Å². The molecule has 0 aliphatic rings. The maximum atomic E-state index is 9.93. The van der Waals surface area contributed by atoms with E-state index in [0.29, 0.717) is 24.9 Å². The van der Waals surface area contributed by atoms with Gasteiger partial charge >= 0.3 is 0 Å². The maximum Gasteiger partial charge on any atom is 0.119 e. The van der Waals surface area contributed by atoms with E-state index in [-0.39, 0.29) is 6.10 Å². The molecule has 0 spiro atoms. The highest BCUT2D eigenvalue weighted by Gasteiger charge is 2.11. The van der Waals surface area contributed by atoms with Crippen LogP contribution in [0.25, 0.3) is 0 Å². The summed E-state index contributed by atoms with van der Waals surface area (Å²) in [5.74, 6) is 2.16. The van der Waals surface area contributed by atoms with Crippen molar-refractivity contribution < 1.29 is 9.84 Å². The van der Waals surface area contributed by atoms with Gasteiger partial charge in [-0.1, -0.05) is 39.0 Å². The second-order valence-corrected chi connectivity index (χ2v) is 5.57. The molecule has 0 aromatic heterocycles. The zero-order valence-corrected chi connectivity index (χ0v) is 11.8. The smallest absolute Gasteiger partial charge is 0.119 e. The zero-order chi connectivity index (χ0) is 13.4. The maximum absolute atomic E-state index is 9.93. The standard InChI is InChI=1S/C16H26O2/c1-13(2)11-14(3)12-15(17)9-10-18-16-7-5-4-6-8-16/h4-8,13-15,17H,9-12H2,1-3H3. The Bertz CT molecular complexity index is 308. The summed E-state index contributed by atoms with van der Waals surface area (Å²) < 4.78 is 5.58. The Labute approximate surface area is 111 Å². The van der Waals surface area contributed by atoms with E-state index in [2.05, 4.69) is 20.8 Å². The lowest BCUT2D eigenvalue weighted by Crippen LogP contribution is -2.16. The first-order valence-corrected chi connectivity index (χ1v) is 6.93. The summed E-state index contributed by atoms with van der Waals surface area (Å²) in [6.45, 7) is 7.24. The second kappa shape index (κ2) is 8.15. The molecule has 0 aliphatic carbocycles. The Kier molecular flexibility index (Phi) is 6.81. The minimum Gasteiger partial charge on any atom is -0.493 e. The van der Waals surface area contributed by atoms with Crippen molar-refractivity contribution in [3.63, 3.8) is 0 Å². The predicted octanol–water partition coefficient (Wildman–Crippen LogP) is 3.89. The van der Waals surface area contributed by atoms with Gasteiger partial charge in [0.15, 0.2) is 0 Å². The fourth-order valence-corrected chi connectivity index (χ4v) is 2.31. The number of rotatable bonds is 8. The summed E-state index contributed by atoms with van der Waals surface area (Å²) in [4.78, 5) is 0. The van der Waals surface area contributed by atoms with Crippen molar-refractivity contribution in [3.05, 3.63) is 30.3 Å². The van der Waals surface area contributed by atoms with Gasteiger partial charge in [-0.05, 0) is 36.8 Å². The molecule has 0 radical (unpaired) electrons. The van der Waals surface area contributed by atoms with Gasteiger partial charge < -0.3 is 9.84 Å². The molecule has 0 amide bonds. The van der Waals surface area contributed by atoms with Crippen LogP contribution in [-0.2, 0) is 0 Å². The summed E-state index contributed by atoms with van der Waals surface area (Å²) in [5, 5.41) is 9.93. The van der Waals surface area contributed by atoms with Crippen LogP contribution in [0.15, 0.2) is 30.3 Å². The lowest BCUT2D eigenvalue weighted by molar-refractivity contribution is 0.112. The van der Waals surface area contributed by atoms with Crippen LogP contribution in [0.5, 0.6) is 5.75 Å². The van der Waals surface area contributed by atoms with E-state index in [9.17, 15) is 5.11 Å². The van der Waals surface area contributed by atoms with Crippen LogP contribution in [-0.4, -0.2) is 17.8 Å². The minimum absolute atomic E-state index is 0.248. The summed E-state index contributed by atoms with van der Waals surface area (Å²) in [6, 6.07) is 9.75. The molecule has 18 heavy (non-hydrogen) atoms. The molecule has 2 unspecified atom stereocenters. The van der Waals surface area contributed by atoms with Gasteiger partial charge in [0, 0.05) is 6.42 Å². The molecule has 1 aromatic rings.